The van der Waals surface area contributed by atoms with E-state index in [-0.39, 0.29) is 27.8 Å². The molecule has 1 heterocycles. The Hall–Kier alpha value is -3.76. The lowest BCUT2D eigenvalue weighted by Gasteiger charge is -2.14. The smallest absolute Gasteiger partial charge is 0.478 e. The van der Waals surface area contributed by atoms with Gasteiger partial charge in [-0.3, -0.25) is 4.98 Å². The summed E-state index contributed by atoms with van der Waals surface area (Å²) in [6, 6.07) is 9.17. The van der Waals surface area contributed by atoms with Gasteiger partial charge in [0.05, 0.1) is 5.56 Å². The minimum absolute atomic E-state index is 0.0520. The van der Waals surface area contributed by atoms with E-state index in [0.29, 0.717) is 0 Å². The molecule has 0 aliphatic heterocycles. The van der Waals surface area contributed by atoms with E-state index in [1.54, 1.807) is 0 Å². The van der Waals surface area contributed by atoms with E-state index in [9.17, 15) is 36.2 Å². The maximum atomic E-state index is 12.5. The van der Waals surface area contributed by atoms with Crippen LogP contribution in [-0.4, -0.2) is 28.8 Å². The van der Waals surface area contributed by atoms with Crippen molar-refractivity contribution in [2.24, 2.45) is 0 Å². The first kappa shape index (κ1) is 21.9. The van der Waals surface area contributed by atoms with Gasteiger partial charge < -0.3 is 14.6 Å². The average molecular weight is 443 g/mol. The molecular weight excluding hydrogens is 432 g/mol. The standard InChI is InChI=1S/C20H11F6NO4/c21-19(22,23)30-13-5-1-3-11(7-13)15-9-27-10-16(17(15)18(28)29)12-4-2-6-14(8-12)31-20(24,25)26/h1-10H,(H,28,29). The molecule has 3 aromatic rings. The van der Waals surface area contributed by atoms with E-state index in [1.165, 1.54) is 24.3 Å². The third kappa shape index (κ3) is 5.65. The topological polar surface area (TPSA) is 68.7 Å². The lowest BCUT2D eigenvalue weighted by molar-refractivity contribution is -0.275. The van der Waals surface area contributed by atoms with E-state index in [4.69, 9.17) is 0 Å². The molecule has 0 bridgehead atoms. The summed E-state index contributed by atoms with van der Waals surface area (Å²) in [5.74, 6) is -2.61. The Morgan fingerprint density at radius 3 is 1.55 bits per heavy atom. The molecule has 11 heteroatoms. The summed E-state index contributed by atoms with van der Waals surface area (Å²) in [7, 11) is 0. The van der Waals surface area contributed by atoms with Gasteiger partial charge in [0.25, 0.3) is 0 Å². The highest BCUT2D eigenvalue weighted by Gasteiger charge is 2.32. The van der Waals surface area contributed by atoms with E-state index in [1.807, 2.05) is 0 Å². The second-order valence-electron chi connectivity index (χ2n) is 6.07. The van der Waals surface area contributed by atoms with Crippen LogP contribution < -0.4 is 9.47 Å². The summed E-state index contributed by atoms with van der Waals surface area (Å²) in [4.78, 5) is 15.9. The van der Waals surface area contributed by atoms with Gasteiger partial charge in [-0.15, -0.1) is 26.3 Å². The van der Waals surface area contributed by atoms with Crippen molar-refractivity contribution in [2.75, 3.05) is 0 Å². The number of alkyl halides is 6. The van der Waals surface area contributed by atoms with Crippen LogP contribution in [0.2, 0.25) is 0 Å². The first-order valence-electron chi connectivity index (χ1n) is 8.36. The first-order chi connectivity index (χ1) is 14.4. The summed E-state index contributed by atoms with van der Waals surface area (Å²) in [5.41, 5.74) is -0.379. The zero-order chi connectivity index (χ0) is 22.8. The number of carboxylic acid groups (broad SMARTS) is 1. The second-order valence-corrected chi connectivity index (χ2v) is 6.07. The van der Waals surface area contributed by atoms with Gasteiger partial charge in [-0.05, 0) is 35.4 Å². The molecule has 0 unspecified atom stereocenters. The molecule has 1 N–H and O–H groups in total. The molecule has 0 fully saturated rings. The molecule has 2 aromatic carbocycles. The molecule has 0 atom stereocenters. The predicted molar refractivity (Wildman–Crippen MR) is 95.4 cm³/mol. The van der Waals surface area contributed by atoms with E-state index < -0.39 is 30.2 Å². The van der Waals surface area contributed by atoms with E-state index in [0.717, 1.165) is 36.7 Å². The van der Waals surface area contributed by atoms with Crippen LogP contribution in [0.15, 0.2) is 60.9 Å². The van der Waals surface area contributed by atoms with Crippen molar-refractivity contribution in [1.29, 1.82) is 0 Å². The fourth-order valence-electron chi connectivity index (χ4n) is 2.85. The summed E-state index contributed by atoms with van der Waals surface area (Å²) < 4.78 is 82.7. The number of carboxylic acids is 1. The van der Waals surface area contributed by atoms with E-state index >= 15 is 0 Å². The molecule has 31 heavy (non-hydrogen) atoms. The number of aromatic carboxylic acids is 1. The Morgan fingerprint density at radius 1 is 0.774 bits per heavy atom. The molecular formula is C20H11F6NO4. The van der Waals surface area contributed by atoms with Gasteiger partial charge >= 0.3 is 18.7 Å². The maximum absolute atomic E-state index is 12.5. The molecule has 0 amide bonds. The highest BCUT2D eigenvalue weighted by Crippen LogP contribution is 2.35. The Morgan fingerprint density at radius 2 is 1.19 bits per heavy atom. The SMILES string of the molecule is O=C(O)c1c(-c2cccc(OC(F)(F)F)c2)cncc1-c1cccc(OC(F)(F)F)c1. The number of rotatable bonds is 5. The molecule has 0 radical (unpaired) electrons. The average Bonchev–Trinajstić information content (AvgIpc) is 2.65. The first-order valence-corrected chi connectivity index (χ1v) is 8.36. The van der Waals surface area contributed by atoms with Gasteiger partial charge in [-0.1, -0.05) is 24.3 Å². The Kier molecular flexibility index (Phi) is 5.78. The normalized spacial score (nSPS) is 11.8. The van der Waals surface area contributed by atoms with Crippen LogP contribution >= 0.6 is 0 Å². The van der Waals surface area contributed by atoms with Crippen LogP contribution in [0, 0.1) is 0 Å². The number of nitrogens with zero attached hydrogens (tertiary/aromatic N) is 1. The Labute approximate surface area is 170 Å². The number of benzene rings is 2. The highest BCUT2D eigenvalue weighted by atomic mass is 19.4. The van der Waals surface area contributed by atoms with Crippen LogP contribution in [0.5, 0.6) is 11.5 Å². The fourth-order valence-corrected chi connectivity index (χ4v) is 2.85. The Bertz CT molecular complexity index is 1030. The van der Waals surface area contributed by atoms with Crippen molar-refractivity contribution >= 4 is 5.97 Å². The lowest BCUT2D eigenvalue weighted by Crippen LogP contribution is -2.17. The van der Waals surface area contributed by atoms with E-state index in [2.05, 4.69) is 14.5 Å². The molecule has 0 saturated heterocycles. The molecule has 5 nitrogen and oxygen atoms in total. The zero-order valence-electron chi connectivity index (χ0n) is 15.2. The fraction of sp³-hybridized carbons (Fsp3) is 0.100. The molecule has 0 aliphatic carbocycles. The number of aromatic nitrogens is 1. The van der Waals surface area contributed by atoms with Gasteiger partial charge in [0.15, 0.2) is 0 Å². The van der Waals surface area contributed by atoms with Gasteiger partial charge in [-0.2, -0.15) is 0 Å². The van der Waals surface area contributed by atoms with Crippen LogP contribution in [0.3, 0.4) is 0 Å². The third-order valence-electron chi connectivity index (χ3n) is 3.92. The van der Waals surface area contributed by atoms with Gasteiger partial charge in [0.2, 0.25) is 0 Å². The summed E-state index contributed by atoms with van der Waals surface area (Å²) >= 11 is 0. The molecule has 0 saturated carbocycles. The molecule has 0 spiro atoms. The van der Waals surface area contributed by atoms with Crippen molar-refractivity contribution in [3.05, 3.63) is 66.5 Å². The molecule has 0 aliphatic rings. The van der Waals surface area contributed by atoms with Crippen molar-refractivity contribution in [2.45, 2.75) is 12.7 Å². The van der Waals surface area contributed by atoms with Crippen molar-refractivity contribution in [3.63, 3.8) is 0 Å². The third-order valence-corrected chi connectivity index (χ3v) is 3.92. The number of pyridine rings is 1. The van der Waals surface area contributed by atoms with Crippen LogP contribution in [0.25, 0.3) is 22.3 Å². The van der Waals surface area contributed by atoms with Gasteiger partial charge in [0, 0.05) is 23.5 Å². The molecule has 162 valence electrons. The van der Waals surface area contributed by atoms with Crippen molar-refractivity contribution in [3.8, 4) is 33.8 Å². The molecule has 1 aromatic heterocycles. The van der Waals surface area contributed by atoms with Crippen molar-refractivity contribution in [1.82, 2.24) is 4.98 Å². The largest absolute Gasteiger partial charge is 0.573 e. The van der Waals surface area contributed by atoms with Gasteiger partial charge in [0.1, 0.15) is 11.5 Å². The minimum atomic E-state index is -4.95. The maximum Gasteiger partial charge on any atom is 0.573 e. The number of carbonyl (C=O) groups is 1. The minimum Gasteiger partial charge on any atom is -0.478 e. The van der Waals surface area contributed by atoms with Crippen LogP contribution in [-0.2, 0) is 0 Å². The lowest BCUT2D eigenvalue weighted by atomic mass is 9.94. The number of hydrogen-bond donors (Lipinski definition) is 1. The van der Waals surface area contributed by atoms with Crippen LogP contribution in [0.4, 0.5) is 26.3 Å². The Balaban J connectivity index is 2.11. The predicted octanol–water partition coefficient (Wildman–Crippen LogP) is 5.91. The zero-order valence-corrected chi connectivity index (χ0v) is 15.2. The number of hydrogen-bond acceptors (Lipinski definition) is 4. The molecule has 3 rings (SSSR count). The second kappa shape index (κ2) is 8.17. The number of ether oxygens (including phenoxy) is 2. The summed E-state index contributed by atoms with van der Waals surface area (Å²) in [6.07, 6.45) is -7.66. The summed E-state index contributed by atoms with van der Waals surface area (Å²) in [5, 5.41) is 9.73. The van der Waals surface area contributed by atoms with Crippen molar-refractivity contribution < 1.29 is 45.7 Å². The quantitative estimate of drug-likeness (QED) is 0.497. The highest BCUT2D eigenvalue weighted by molar-refractivity contribution is 6.02. The van der Waals surface area contributed by atoms with Gasteiger partial charge in [-0.25, -0.2) is 4.79 Å². The summed E-state index contributed by atoms with van der Waals surface area (Å²) in [6.45, 7) is 0. The van der Waals surface area contributed by atoms with Crippen LogP contribution in [0.1, 0.15) is 10.4 Å². The monoisotopic (exact) mass is 443 g/mol. The number of halogens is 6.